The standard InChI is InChI=1S/C11H14FNO3/c1-2-3-6-16-10-5-4-8(12)7-9(10)11(14)13-15/h4-5,7,15H,2-3,6H2,1H3,(H,13,14). The SMILES string of the molecule is CCCCOc1ccc(F)cc1C(=O)NO. The first-order valence-electron chi connectivity index (χ1n) is 5.05. The number of carbonyl (C=O) groups is 1. The first-order valence-corrected chi connectivity index (χ1v) is 5.05. The molecule has 0 unspecified atom stereocenters. The number of hydrogen-bond acceptors (Lipinski definition) is 3. The van der Waals surface area contributed by atoms with Gasteiger partial charge in [0.15, 0.2) is 0 Å². The van der Waals surface area contributed by atoms with Crippen molar-refractivity contribution in [2.24, 2.45) is 0 Å². The van der Waals surface area contributed by atoms with Crippen molar-refractivity contribution in [1.29, 1.82) is 0 Å². The molecule has 2 N–H and O–H groups in total. The third-order valence-corrected chi connectivity index (χ3v) is 2.04. The van der Waals surface area contributed by atoms with Gasteiger partial charge < -0.3 is 4.74 Å². The van der Waals surface area contributed by atoms with Crippen LogP contribution in [0.5, 0.6) is 5.75 Å². The summed E-state index contributed by atoms with van der Waals surface area (Å²) in [5.74, 6) is -1.08. The van der Waals surface area contributed by atoms with E-state index in [9.17, 15) is 9.18 Å². The van der Waals surface area contributed by atoms with Crippen LogP contribution in [0.2, 0.25) is 0 Å². The number of hydroxylamine groups is 1. The third kappa shape index (κ3) is 3.20. The lowest BCUT2D eigenvalue weighted by molar-refractivity contribution is 0.0701. The maximum absolute atomic E-state index is 12.9. The largest absolute Gasteiger partial charge is 0.493 e. The number of halogens is 1. The zero-order valence-corrected chi connectivity index (χ0v) is 9.00. The van der Waals surface area contributed by atoms with Gasteiger partial charge in [-0.1, -0.05) is 13.3 Å². The van der Waals surface area contributed by atoms with Crippen molar-refractivity contribution in [3.05, 3.63) is 29.6 Å². The minimum atomic E-state index is -0.786. The van der Waals surface area contributed by atoms with E-state index < -0.39 is 11.7 Å². The normalized spacial score (nSPS) is 9.94. The van der Waals surface area contributed by atoms with Crippen molar-refractivity contribution in [2.75, 3.05) is 6.61 Å². The Morgan fingerprint density at radius 3 is 2.94 bits per heavy atom. The third-order valence-electron chi connectivity index (χ3n) is 2.04. The molecule has 0 bridgehead atoms. The number of ether oxygens (including phenoxy) is 1. The summed E-state index contributed by atoms with van der Waals surface area (Å²) in [4.78, 5) is 11.2. The Morgan fingerprint density at radius 2 is 2.31 bits per heavy atom. The topological polar surface area (TPSA) is 58.6 Å². The molecule has 0 saturated heterocycles. The first kappa shape index (κ1) is 12.4. The molecule has 0 aliphatic heterocycles. The minimum absolute atomic E-state index is 0.0152. The monoisotopic (exact) mass is 227 g/mol. The lowest BCUT2D eigenvalue weighted by Crippen LogP contribution is -2.20. The molecule has 0 aliphatic carbocycles. The number of carbonyl (C=O) groups excluding carboxylic acids is 1. The van der Waals surface area contributed by atoms with Crippen LogP contribution < -0.4 is 10.2 Å². The summed E-state index contributed by atoms with van der Waals surface area (Å²) in [5.41, 5.74) is 1.44. The Hall–Kier alpha value is -1.62. The second-order valence-electron chi connectivity index (χ2n) is 3.28. The van der Waals surface area contributed by atoms with Gasteiger partial charge in [0.05, 0.1) is 12.2 Å². The molecule has 0 fully saturated rings. The smallest absolute Gasteiger partial charge is 0.278 e. The van der Waals surface area contributed by atoms with Gasteiger partial charge in [-0.05, 0) is 24.6 Å². The summed E-state index contributed by atoms with van der Waals surface area (Å²) in [5, 5.41) is 8.50. The van der Waals surface area contributed by atoms with Crippen molar-refractivity contribution >= 4 is 5.91 Å². The molecule has 0 saturated carbocycles. The van der Waals surface area contributed by atoms with E-state index in [0.29, 0.717) is 6.61 Å². The van der Waals surface area contributed by atoms with Gasteiger partial charge in [0.1, 0.15) is 11.6 Å². The molecule has 0 atom stereocenters. The second kappa shape index (κ2) is 6.07. The van der Waals surface area contributed by atoms with Crippen molar-refractivity contribution in [3.63, 3.8) is 0 Å². The molecule has 88 valence electrons. The van der Waals surface area contributed by atoms with Crippen molar-refractivity contribution in [2.45, 2.75) is 19.8 Å². The van der Waals surface area contributed by atoms with E-state index in [1.807, 2.05) is 6.92 Å². The van der Waals surface area contributed by atoms with Crippen LogP contribution in [0.4, 0.5) is 4.39 Å². The van der Waals surface area contributed by atoms with Crippen LogP contribution in [0.25, 0.3) is 0 Å². The Kier molecular flexibility index (Phi) is 4.72. The Bertz CT molecular complexity index is 368. The molecule has 4 nitrogen and oxygen atoms in total. The number of unbranched alkanes of at least 4 members (excludes halogenated alkanes) is 1. The number of hydrogen-bond donors (Lipinski definition) is 2. The van der Waals surface area contributed by atoms with E-state index in [2.05, 4.69) is 0 Å². The van der Waals surface area contributed by atoms with Gasteiger partial charge in [0.25, 0.3) is 5.91 Å². The van der Waals surface area contributed by atoms with E-state index in [1.165, 1.54) is 17.6 Å². The van der Waals surface area contributed by atoms with E-state index >= 15 is 0 Å². The maximum atomic E-state index is 12.9. The highest BCUT2D eigenvalue weighted by atomic mass is 19.1. The van der Waals surface area contributed by atoms with Crippen molar-refractivity contribution in [1.82, 2.24) is 5.48 Å². The molecule has 5 heteroatoms. The lowest BCUT2D eigenvalue weighted by atomic mass is 10.2. The Labute approximate surface area is 93.0 Å². The van der Waals surface area contributed by atoms with E-state index in [0.717, 1.165) is 18.9 Å². The van der Waals surface area contributed by atoms with Gasteiger partial charge >= 0.3 is 0 Å². The fraction of sp³-hybridized carbons (Fsp3) is 0.364. The Balaban J connectivity index is 2.85. The fourth-order valence-electron chi connectivity index (χ4n) is 1.19. The molecular formula is C11H14FNO3. The van der Waals surface area contributed by atoms with Crippen LogP contribution in [0.3, 0.4) is 0 Å². The van der Waals surface area contributed by atoms with Crippen LogP contribution in [-0.2, 0) is 0 Å². The van der Waals surface area contributed by atoms with Crippen LogP contribution in [0, 0.1) is 5.82 Å². The molecule has 0 radical (unpaired) electrons. The predicted octanol–water partition coefficient (Wildman–Crippen LogP) is 2.12. The molecule has 0 aromatic heterocycles. The van der Waals surface area contributed by atoms with Crippen LogP contribution in [-0.4, -0.2) is 17.7 Å². The zero-order valence-electron chi connectivity index (χ0n) is 9.00. The van der Waals surface area contributed by atoms with Gasteiger partial charge in [0.2, 0.25) is 0 Å². The summed E-state index contributed by atoms with van der Waals surface area (Å²) in [6, 6.07) is 3.60. The highest BCUT2D eigenvalue weighted by Gasteiger charge is 2.12. The summed E-state index contributed by atoms with van der Waals surface area (Å²) in [6.07, 6.45) is 1.81. The van der Waals surface area contributed by atoms with Crippen molar-refractivity contribution in [3.8, 4) is 5.75 Å². The summed E-state index contributed by atoms with van der Waals surface area (Å²) in [6.45, 7) is 2.46. The zero-order chi connectivity index (χ0) is 12.0. The molecule has 1 rings (SSSR count). The average molecular weight is 227 g/mol. The van der Waals surface area contributed by atoms with E-state index in [4.69, 9.17) is 9.94 Å². The van der Waals surface area contributed by atoms with Crippen molar-refractivity contribution < 1.29 is 19.1 Å². The minimum Gasteiger partial charge on any atom is -0.493 e. The quantitative estimate of drug-likeness (QED) is 0.460. The molecule has 16 heavy (non-hydrogen) atoms. The lowest BCUT2D eigenvalue weighted by Gasteiger charge is -2.09. The number of benzene rings is 1. The number of rotatable bonds is 5. The summed E-state index contributed by atoms with van der Waals surface area (Å²) in [7, 11) is 0. The van der Waals surface area contributed by atoms with E-state index in [1.54, 1.807) is 0 Å². The van der Waals surface area contributed by atoms with Gasteiger partial charge in [-0.25, -0.2) is 9.87 Å². The van der Waals surface area contributed by atoms with Crippen LogP contribution in [0.1, 0.15) is 30.1 Å². The van der Waals surface area contributed by atoms with Gasteiger partial charge in [-0.15, -0.1) is 0 Å². The maximum Gasteiger partial charge on any atom is 0.278 e. The molecular weight excluding hydrogens is 213 g/mol. The highest BCUT2D eigenvalue weighted by Crippen LogP contribution is 2.19. The van der Waals surface area contributed by atoms with Gasteiger partial charge in [0, 0.05) is 0 Å². The first-order chi connectivity index (χ1) is 7.69. The van der Waals surface area contributed by atoms with Crippen LogP contribution in [0.15, 0.2) is 18.2 Å². The average Bonchev–Trinajstić information content (AvgIpc) is 2.30. The molecule has 0 spiro atoms. The highest BCUT2D eigenvalue weighted by molar-refractivity contribution is 5.96. The number of nitrogens with one attached hydrogen (secondary N) is 1. The van der Waals surface area contributed by atoms with Crippen LogP contribution >= 0.6 is 0 Å². The Morgan fingerprint density at radius 1 is 1.56 bits per heavy atom. The summed E-state index contributed by atoms with van der Waals surface area (Å²) < 4.78 is 18.2. The molecule has 1 aromatic carbocycles. The molecule has 1 aromatic rings. The molecule has 1 amide bonds. The van der Waals surface area contributed by atoms with E-state index in [-0.39, 0.29) is 11.3 Å². The molecule has 0 aliphatic rings. The number of amides is 1. The van der Waals surface area contributed by atoms with Gasteiger partial charge in [-0.3, -0.25) is 10.0 Å². The summed E-state index contributed by atoms with van der Waals surface area (Å²) >= 11 is 0. The molecule has 0 heterocycles. The predicted molar refractivity (Wildman–Crippen MR) is 56.1 cm³/mol. The second-order valence-corrected chi connectivity index (χ2v) is 3.28. The fourth-order valence-corrected chi connectivity index (χ4v) is 1.19. The van der Waals surface area contributed by atoms with Gasteiger partial charge in [-0.2, -0.15) is 0 Å².